The highest BCUT2D eigenvalue weighted by Crippen LogP contribution is 2.42. The number of aliphatic hydroxyl groups is 1. The van der Waals surface area contributed by atoms with Gasteiger partial charge in [-0.15, -0.1) is 0 Å². The Labute approximate surface area is 125 Å². The van der Waals surface area contributed by atoms with E-state index in [1.807, 2.05) is 26.0 Å². The smallest absolute Gasteiger partial charge is 0.231 e. The lowest BCUT2D eigenvalue weighted by atomic mass is 10.00. The predicted molar refractivity (Wildman–Crippen MR) is 79.8 cm³/mol. The molecule has 0 bridgehead atoms. The van der Waals surface area contributed by atoms with Crippen LogP contribution < -0.4 is 25.3 Å². The van der Waals surface area contributed by atoms with E-state index in [2.05, 4.69) is 5.32 Å². The quantitative estimate of drug-likeness (QED) is 0.697. The second kappa shape index (κ2) is 6.98. The number of benzene rings is 1. The number of hydrogen-bond donors (Lipinski definition) is 3. The molecule has 1 aromatic carbocycles. The fourth-order valence-corrected chi connectivity index (χ4v) is 2.29. The molecule has 21 heavy (non-hydrogen) atoms. The van der Waals surface area contributed by atoms with E-state index in [0.29, 0.717) is 23.8 Å². The molecule has 0 saturated heterocycles. The highest BCUT2D eigenvalue weighted by Gasteiger charge is 2.24. The molecule has 3 unspecified atom stereocenters. The Morgan fingerprint density at radius 3 is 2.76 bits per heavy atom. The molecule has 0 aromatic heterocycles. The van der Waals surface area contributed by atoms with Crippen molar-refractivity contribution in [3.63, 3.8) is 0 Å². The molecule has 0 fully saturated rings. The number of methoxy groups -OCH3 is 1. The molecule has 2 rings (SSSR count). The molecular weight excluding hydrogens is 272 g/mol. The van der Waals surface area contributed by atoms with Crippen LogP contribution in [0.3, 0.4) is 0 Å². The first kappa shape index (κ1) is 15.9. The average Bonchev–Trinajstić information content (AvgIpc) is 2.98. The highest BCUT2D eigenvalue weighted by atomic mass is 16.7. The maximum absolute atomic E-state index is 9.24. The largest absolute Gasteiger partial charge is 0.493 e. The van der Waals surface area contributed by atoms with Crippen molar-refractivity contribution in [2.24, 2.45) is 11.7 Å². The predicted octanol–water partition coefficient (Wildman–Crippen LogP) is 1.03. The first-order chi connectivity index (χ1) is 10.1. The van der Waals surface area contributed by atoms with Gasteiger partial charge in [0, 0.05) is 25.2 Å². The van der Waals surface area contributed by atoms with Gasteiger partial charge in [-0.05, 0) is 30.5 Å². The second-order valence-corrected chi connectivity index (χ2v) is 5.36. The van der Waals surface area contributed by atoms with Gasteiger partial charge in [-0.3, -0.25) is 0 Å². The van der Waals surface area contributed by atoms with Crippen molar-refractivity contribution in [2.75, 3.05) is 27.1 Å². The van der Waals surface area contributed by atoms with E-state index < -0.39 is 0 Å². The van der Waals surface area contributed by atoms with Crippen molar-refractivity contribution >= 4 is 0 Å². The Kier molecular flexibility index (Phi) is 5.27. The molecular formula is C15H24N2O4. The third-order valence-electron chi connectivity index (χ3n) is 3.92. The van der Waals surface area contributed by atoms with Crippen LogP contribution in [0.1, 0.15) is 25.5 Å². The minimum Gasteiger partial charge on any atom is -0.493 e. The van der Waals surface area contributed by atoms with Gasteiger partial charge in [-0.2, -0.15) is 0 Å². The number of fused-ring (bicyclic) bond motifs is 1. The molecule has 3 atom stereocenters. The number of aliphatic hydroxyl groups excluding tert-OH is 1. The zero-order chi connectivity index (χ0) is 15.4. The normalized spacial score (nSPS) is 17.4. The number of nitrogens with two attached hydrogens (primary N) is 1. The lowest BCUT2D eigenvalue weighted by molar-refractivity contribution is 0.171. The Morgan fingerprint density at radius 2 is 2.14 bits per heavy atom. The monoisotopic (exact) mass is 296 g/mol. The lowest BCUT2D eigenvalue weighted by Crippen LogP contribution is -2.39. The number of rotatable bonds is 7. The van der Waals surface area contributed by atoms with Crippen molar-refractivity contribution in [2.45, 2.75) is 25.9 Å². The van der Waals surface area contributed by atoms with Gasteiger partial charge in [-0.1, -0.05) is 6.92 Å². The van der Waals surface area contributed by atoms with Gasteiger partial charge in [0.2, 0.25) is 12.5 Å². The number of hydrogen-bond acceptors (Lipinski definition) is 6. The summed E-state index contributed by atoms with van der Waals surface area (Å²) >= 11 is 0. The first-order valence-corrected chi connectivity index (χ1v) is 7.15. The second-order valence-electron chi connectivity index (χ2n) is 5.36. The highest BCUT2D eigenvalue weighted by molar-refractivity contribution is 5.55. The van der Waals surface area contributed by atoms with E-state index in [9.17, 15) is 5.11 Å². The summed E-state index contributed by atoms with van der Waals surface area (Å²) in [5.74, 6) is 2.10. The molecule has 0 saturated carbocycles. The molecule has 1 aromatic rings. The zero-order valence-electron chi connectivity index (χ0n) is 12.8. The van der Waals surface area contributed by atoms with E-state index >= 15 is 0 Å². The van der Waals surface area contributed by atoms with Gasteiger partial charge in [0.15, 0.2) is 11.5 Å². The van der Waals surface area contributed by atoms with Gasteiger partial charge in [0.25, 0.3) is 0 Å². The Bertz CT molecular complexity index is 481. The van der Waals surface area contributed by atoms with Gasteiger partial charge in [0.1, 0.15) is 0 Å². The summed E-state index contributed by atoms with van der Waals surface area (Å²) in [6.45, 7) is 4.80. The van der Waals surface area contributed by atoms with Crippen LogP contribution in [-0.2, 0) is 0 Å². The van der Waals surface area contributed by atoms with Crippen LogP contribution in [0.15, 0.2) is 12.1 Å². The van der Waals surface area contributed by atoms with E-state index in [1.165, 1.54) is 0 Å². The molecule has 1 heterocycles. The minimum atomic E-state index is -0.0441. The Morgan fingerprint density at radius 1 is 1.38 bits per heavy atom. The zero-order valence-corrected chi connectivity index (χ0v) is 12.8. The number of ether oxygens (including phenoxy) is 3. The van der Waals surface area contributed by atoms with Crippen LogP contribution in [-0.4, -0.2) is 38.2 Å². The third-order valence-corrected chi connectivity index (χ3v) is 3.92. The fourth-order valence-electron chi connectivity index (χ4n) is 2.29. The van der Waals surface area contributed by atoms with Crippen molar-refractivity contribution in [1.82, 2.24) is 5.32 Å². The minimum absolute atomic E-state index is 0.0441. The molecule has 0 aliphatic carbocycles. The molecule has 0 radical (unpaired) electrons. The maximum atomic E-state index is 9.24. The molecule has 1 aliphatic heterocycles. The van der Waals surface area contributed by atoms with E-state index in [4.69, 9.17) is 19.9 Å². The van der Waals surface area contributed by atoms with E-state index in [1.54, 1.807) is 7.11 Å². The number of nitrogens with one attached hydrogen (secondary N) is 1. The van der Waals surface area contributed by atoms with Crippen molar-refractivity contribution < 1.29 is 19.3 Å². The summed E-state index contributed by atoms with van der Waals surface area (Å²) in [7, 11) is 1.60. The van der Waals surface area contributed by atoms with Crippen molar-refractivity contribution in [3.05, 3.63) is 17.7 Å². The SMILES string of the molecule is COc1cc(C(CN)NC(C)C(C)CO)cc2c1OCO2. The molecule has 6 heteroatoms. The van der Waals surface area contributed by atoms with Gasteiger partial charge < -0.3 is 30.4 Å². The summed E-state index contributed by atoms with van der Waals surface area (Å²) < 4.78 is 16.2. The first-order valence-electron chi connectivity index (χ1n) is 7.15. The molecule has 0 amide bonds. The Hall–Kier alpha value is -1.50. The molecule has 4 N–H and O–H groups in total. The van der Waals surface area contributed by atoms with Gasteiger partial charge in [-0.25, -0.2) is 0 Å². The lowest BCUT2D eigenvalue weighted by Gasteiger charge is -2.26. The molecule has 6 nitrogen and oxygen atoms in total. The van der Waals surface area contributed by atoms with E-state index in [-0.39, 0.29) is 31.4 Å². The summed E-state index contributed by atoms with van der Waals surface area (Å²) in [6, 6.07) is 3.93. The fraction of sp³-hybridized carbons (Fsp3) is 0.600. The van der Waals surface area contributed by atoms with Crippen LogP contribution in [0.25, 0.3) is 0 Å². The molecule has 0 spiro atoms. The topological polar surface area (TPSA) is 86.0 Å². The summed E-state index contributed by atoms with van der Waals surface area (Å²) in [4.78, 5) is 0. The summed E-state index contributed by atoms with van der Waals surface area (Å²) in [5, 5.41) is 12.7. The standard InChI is InChI=1S/C15H24N2O4/c1-9(7-18)10(2)17-12(6-16)11-4-13(19-3)15-14(5-11)20-8-21-15/h4-5,9-10,12,17-18H,6-8,16H2,1-3H3. The van der Waals surface area contributed by atoms with Crippen molar-refractivity contribution in [3.8, 4) is 17.2 Å². The summed E-state index contributed by atoms with van der Waals surface area (Å²) in [6.07, 6.45) is 0. The van der Waals surface area contributed by atoms with Gasteiger partial charge >= 0.3 is 0 Å². The summed E-state index contributed by atoms with van der Waals surface area (Å²) in [5.41, 5.74) is 6.88. The van der Waals surface area contributed by atoms with Crippen LogP contribution >= 0.6 is 0 Å². The molecule has 118 valence electrons. The molecule has 1 aliphatic rings. The van der Waals surface area contributed by atoms with Crippen LogP contribution in [0.2, 0.25) is 0 Å². The average molecular weight is 296 g/mol. The van der Waals surface area contributed by atoms with Crippen LogP contribution in [0.4, 0.5) is 0 Å². The van der Waals surface area contributed by atoms with E-state index in [0.717, 1.165) is 5.56 Å². The maximum Gasteiger partial charge on any atom is 0.231 e. The van der Waals surface area contributed by atoms with Crippen LogP contribution in [0, 0.1) is 5.92 Å². The van der Waals surface area contributed by atoms with Gasteiger partial charge in [0.05, 0.1) is 7.11 Å². The van der Waals surface area contributed by atoms with Crippen molar-refractivity contribution in [1.29, 1.82) is 0 Å². The van der Waals surface area contributed by atoms with Crippen LogP contribution in [0.5, 0.6) is 17.2 Å². The Balaban J connectivity index is 2.22. The third kappa shape index (κ3) is 3.40.